The molecule has 0 aliphatic carbocycles. The molecule has 2 aromatic rings. The number of ether oxygens (including phenoxy) is 2. The van der Waals surface area contributed by atoms with Crippen LogP contribution in [0.5, 0.6) is 11.5 Å². The zero-order valence-corrected chi connectivity index (χ0v) is 12.2. The van der Waals surface area contributed by atoms with Gasteiger partial charge in [0.25, 0.3) is 0 Å². The minimum absolute atomic E-state index is 0.157. The second-order valence-corrected chi connectivity index (χ2v) is 5.22. The van der Waals surface area contributed by atoms with E-state index in [4.69, 9.17) is 15.2 Å². The molecule has 0 bridgehead atoms. The van der Waals surface area contributed by atoms with Crippen molar-refractivity contribution < 1.29 is 9.47 Å². The van der Waals surface area contributed by atoms with E-state index < -0.39 is 0 Å². The molecule has 0 amide bonds. The van der Waals surface area contributed by atoms with Gasteiger partial charge in [-0.05, 0) is 13.0 Å². The quantitative estimate of drug-likeness (QED) is 0.913. The van der Waals surface area contributed by atoms with Gasteiger partial charge in [-0.25, -0.2) is 4.98 Å². The van der Waals surface area contributed by atoms with Crippen molar-refractivity contribution in [3.05, 3.63) is 39.8 Å². The Morgan fingerprint density at radius 2 is 2.11 bits per heavy atom. The SMILES string of the molecule is COc1cccc(C(N)Cc2nc(C)cs2)c1OC. The van der Waals surface area contributed by atoms with Crippen molar-refractivity contribution in [1.82, 2.24) is 4.98 Å². The molecule has 19 heavy (non-hydrogen) atoms. The van der Waals surface area contributed by atoms with Crippen molar-refractivity contribution >= 4 is 11.3 Å². The van der Waals surface area contributed by atoms with Crippen molar-refractivity contribution in [2.24, 2.45) is 5.73 Å². The van der Waals surface area contributed by atoms with Crippen molar-refractivity contribution in [2.75, 3.05) is 14.2 Å². The molecule has 1 heterocycles. The number of thiazole rings is 1. The second-order valence-electron chi connectivity index (χ2n) is 4.28. The Balaban J connectivity index is 2.25. The molecule has 1 aromatic carbocycles. The van der Waals surface area contributed by atoms with Gasteiger partial charge in [-0.1, -0.05) is 12.1 Å². The van der Waals surface area contributed by atoms with Crippen LogP contribution < -0.4 is 15.2 Å². The fourth-order valence-corrected chi connectivity index (χ4v) is 2.83. The van der Waals surface area contributed by atoms with Gasteiger partial charge in [-0.15, -0.1) is 11.3 Å². The van der Waals surface area contributed by atoms with Crippen LogP contribution in [0.15, 0.2) is 23.6 Å². The van der Waals surface area contributed by atoms with Crippen LogP contribution in [0.2, 0.25) is 0 Å². The molecule has 1 aromatic heterocycles. The highest BCUT2D eigenvalue weighted by Gasteiger charge is 2.17. The van der Waals surface area contributed by atoms with Gasteiger partial charge >= 0.3 is 0 Å². The average Bonchev–Trinajstić information content (AvgIpc) is 2.82. The minimum Gasteiger partial charge on any atom is -0.493 e. The fraction of sp³-hybridized carbons (Fsp3) is 0.357. The Kier molecular flexibility index (Phi) is 4.39. The highest BCUT2D eigenvalue weighted by molar-refractivity contribution is 7.09. The number of methoxy groups -OCH3 is 2. The number of para-hydroxylation sites is 1. The van der Waals surface area contributed by atoms with Crippen LogP contribution >= 0.6 is 11.3 Å². The van der Waals surface area contributed by atoms with E-state index in [2.05, 4.69) is 4.98 Å². The summed E-state index contributed by atoms with van der Waals surface area (Å²) in [6.45, 7) is 1.98. The second kappa shape index (κ2) is 6.04. The van der Waals surface area contributed by atoms with E-state index in [1.165, 1.54) is 0 Å². The molecule has 4 nitrogen and oxygen atoms in total. The summed E-state index contributed by atoms with van der Waals surface area (Å²) in [6, 6.07) is 5.59. The van der Waals surface area contributed by atoms with E-state index >= 15 is 0 Å². The summed E-state index contributed by atoms with van der Waals surface area (Å²) >= 11 is 1.63. The lowest BCUT2D eigenvalue weighted by Crippen LogP contribution is -2.14. The first kappa shape index (κ1) is 13.8. The Bertz CT molecular complexity index is 554. The summed E-state index contributed by atoms with van der Waals surface area (Å²) < 4.78 is 10.7. The van der Waals surface area contributed by atoms with Crippen molar-refractivity contribution in [3.63, 3.8) is 0 Å². The minimum atomic E-state index is -0.157. The van der Waals surface area contributed by atoms with Crippen LogP contribution in [0.4, 0.5) is 0 Å². The molecule has 0 aliphatic heterocycles. The Labute approximate surface area is 117 Å². The third-order valence-electron chi connectivity index (χ3n) is 2.89. The normalized spacial score (nSPS) is 12.2. The first-order chi connectivity index (χ1) is 9.15. The zero-order chi connectivity index (χ0) is 13.8. The summed E-state index contributed by atoms with van der Waals surface area (Å²) in [5, 5.41) is 3.07. The van der Waals surface area contributed by atoms with Gasteiger partial charge < -0.3 is 15.2 Å². The molecule has 0 aliphatic rings. The van der Waals surface area contributed by atoms with Crippen LogP contribution in [-0.4, -0.2) is 19.2 Å². The molecule has 5 heteroatoms. The molecular formula is C14H18N2O2S. The van der Waals surface area contributed by atoms with Gasteiger partial charge in [0.1, 0.15) is 0 Å². The Hall–Kier alpha value is -1.59. The largest absolute Gasteiger partial charge is 0.493 e. The number of benzene rings is 1. The summed E-state index contributed by atoms with van der Waals surface area (Å²) in [5.74, 6) is 1.40. The number of aromatic nitrogens is 1. The number of hydrogen-bond acceptors (Lipinski definition) is 5. The number of hydrogen-bond donors (Lipinski definition) is 1. The lowest BCUT2D eigenvalue weighted by atomic mass is 10.0. The first-order valence-corrected chi connectivity index (χ1v) is 6.91. The lowest BCUT2D eigenvalue weighted by Gasteiger charge is -2.17. The highest BCUT2D eigenvalue weighted by atomic mass is 32.1. The van der Waals surface area contributed by atoms with Gasteiger partial charge in [-0.2, -0.15) is 0 Å². The maximum absolute atomic E-state index is 6.27. The fourth-order valence-electron chi connectivity index (χ4n) is 2.00. The van der Waals surface area contributed by atoms with E-state index in [1.54, 1.807) is 25.6 Å². The molecule has 0 saturated carbocycles. The molecule has 0 saturated heterocycles. The summed E-state index contributed by atoms with van der Waals surface area (Å²) in [4.78, 5) is 4.44. The van der Waals surface area contributed by atoms with Crippen molar-refractivity contribution in [2.45, 2.75) is 19.4 Å². The average molecular weight is 278 g/mol. The molecule has 1 unspecified atom stereocenters. The van der Waals surface area contributed by atoms with E-state index in [0.717, 1.165) is 16.3 Å². The van der Waals surface area contributed by atoms with E-state index in [-0.39, 0.29) is 6.04 Å². The first-order valence-electron chi connectivity index (χ1n) is 6.03. The van der Waals surface area contributed by atoms with E-state index in [0.29, 0.717) is 17.9 Å². The van der Waals surface area contributed by atoms with Gasteiger partial charge in [0.2, 0.25) is 0 Å². The van der Waals surface area contributed by atoms with E-state index in [9.17, 15) is 0 Å². The van der Waals surface area contributed by atoms with Gasteiger partial charge in [0.05, 0.1) is 19.2 Å². The zero-order valence-electron chi connectivity index (χ0n) is 11.3. The third kappa shape index (κ3) is 3.05. The Morgan fingerprint density at radius 1 is 1.32 bits per heavy atom. The van der Waals surface area contributed by atoms with E-state index in [1.807, 2.05) is 30.5 Å². The molecule has 1 atom stereocenters. The van der Waals surface area contributed by atoms with Crippen molar-refractivity contribution in [1.29, 1.82) is 0 Å². The topological polar surface area (TPSA) is 57.4 Å². The van der Waals surface area contributed by atoms with Crippen LogP contribution in [0.1, 0.15) is 22.3 Å². The summed E-state index contributed by atoms with van der Waals surface area (Å²) in [6.07, 6.45) is 0.696. The predicted octanol–water partition coefficient (Wildman–Crippen LogP) is 2.71. The van der Waals surface area contributed by atoms with Crippen LogP contribution in [0, 0.1) is 6.92 Å². The van der Waals surface area contributed by atoms with Gasteiger partial charge in [0, 0.05) is 29.1 Å². The highest BCUT2D eigenvalue weighted by Crippen LogP contribution is 2.35. The molecular weight excluding hydrogens is 260 g/mol. The molecule has 0 fully saturated rings. The monoisotopic (exact) mass is 278 g/mol. The van der Waals surface area contributed by atoms with Crippen LogP contribution in [0.25, 0.3) is 0 Å². The third-order valence-corrected chi connectivity index (χ3v) is 3.88. The summed E-state index contributed by atoms with van der Waals surface area (Å²) in [7, 11) is 3.25. The van der Waals surface area contributed by atoms with Crippen LogP contribution in [-0.2, 0) is 6.42 Å². The number of nitrogens with two attached hydrogens (primary N) is 1. The number of aryl methyl sites for hydroxylation is 1. The Morgan fingerprint density at radius 3 is 2.68 bits per heavy atom. The molecule has 0 radical (unpaired) electrons. The maximum Gasteiger partial charge on any atom is 0.165 e. The molecule has 102 valence electrons. The van der Waals surface area contributed by atoms with Crippen molar-refractivity contribution in [3.8, 4) is 11.5 Å². The lowest BCUT2D eigenvalue weighted by molar-refractivity contribution is 0.349. The standard InChI is InChI=1S/C14H18N2O2S/c1-9-8-19-13(16-9)7-11(15)10-5-4-6-12(17-2)14(10)18-3/h4-6,8,11H,7,15H2,1-3H3. The molecule has 2 N–H and O–H groups in total. The molecule has 2 rings (SSSR count). The smallest absolute Gasteiger partial charge is 0.165 e. The van der Waals surface area contributed by atoms with Gasteiger partial charge in [0.15, 0.2) is 11.5 Å². The van der Waals surface area contributed by atoms with Gasteiger partial charge in [-0.3, -0.25) is 0 Å². The number of rotatable bonds is 5. The molecule has 0 spiro atoms. The summed E-state index contributed by atoms with van der Waals surface area (Å²) in [5.41, 5.74) is 8.24. The maximum atomic E-state index is 6.27. The predicted molar refractivity (Wildman–Crippen MR) is 77.0 cm³/mol. The number of nitrogens with zero attached hydrogens (tertiary/aromatic N) is 1. The van der Waals surface area contributed by atoms with Crippen LogP contribution in [0.3, 0.4) is 0 Å².